The van der Waals surface area contributed by atoms with Gasteiger partial charge in [0.2, 0.25) is 0 Å². The number of β-amino-alcohol motifs (C(OH)–C–C–N with tert-alkyl or cyclic N) is 1. The lowest BCUT2D eigenvalue weighted by Gasteiger charge is -2.43. The number of aliphatic hydroxyl groups excluding tert-OH is 1. The second-order valence-electron chi connectivity index (χ2n) is 8.76. The quantitative estimate of drug-likeness (QED) is 0.755. The first-order chi connectivity index (χ1) is 15.1. The first-order valence-electron chi connectivity index (χ1n) is 10.6. The van der Waals surface area contributed by atoms with Crippen molar-refractivity contribution in [2.75, 3.05) is 26.2 Å². The molecule has 32 heavy (non-hydrogen) atoms. The summed E-state index contributed by atoms with van der Waals surface area (Å²) in [6.07, 6.45) is -2.98. The summed E-state index contributed by atoms with van der Waals surface area (Å²) in [6, 6.07) is 5.59. The van der Waals surface area contributed by atoms with Gasteiger partial charge in [-0.05, 0) is 30.0 Å². The smallest absolute Gasteiger partial charge is 0.448 e. The molecule has 2 aliphatic heterocycles. The molecule has 0 bridgehead atoms. The number of ether oxygens (including phenoxy) is 1. The van der Waals surface area contributed by atoms with Gasteiger partial charge in [0.15, 0.2) is 5.89 Å². The summed E-state index contributed by atoms with van der Waals surface area (Å²) >= 11 is 0. The molecule has 2 saturated heterocycles. The third-order valence-corrected chi connectivity index (χ3v) is 5.92. The number of oxazole rings is 1. The van der Waals surface area contributed by atoms with E-state index in [2.05, 4.69) is 9.72 Å². The van der Waals surface area contributed by atoms with Gasteiger partial charge in [-0.1, -0.05) is 26.0 Å². The first kappa shape index (κ1) is 22.4. The van der Waals surface area contributed by atoms with Crippen LogP contribution in [0.4, 0.5) is 18.0 Å². The molecule has 3 heterocycles. The van der Waals surface area contributed by atoms with Crippen molar-refractivity contribution in [3.8, 4) is 5.75 Å². The monoisotopic (exact) mass is 453 g/mol. The first-order valence-corrected chi connectivity index (χ1v) is 10.6. The highest BCUT2D eigenvalue weighted by atomic mass is 19.4. The average Bonchev–Trinajstić information content (AvgIpc) is 3.21. The standard InChI is InChI=1S/C22H26F3N3O4/c1-13(2)19-12-31-20(26-19)16-7-15(8-27(9-16)21(30)28-10-17(29)11-28)14-3-5-18(6-4-14)32-22(23,24)25/h3-6,12-13,15-17,29H,7-11H2,1-2H3. The fraction of sp³-hybridized carbons (Fsp3) is 0.545. The van der Waals surface area contributed by atoms with Crippen LogP contribution in [0.3, 0.4) is 0 Å². The highest BCUT2D eigenvalue weighted by molar-refractivity contribution is 5.75. The second kappa shape index (κ2) is 8.65. The molecule has 0 radical (unpaired) electrons. The van der Waals surface area contributed by atoms with Crippen LogP contribution < -0.4 is 4.74 Å². The number of urea groups is 1. The van der Waals surface area contributed by atoms with Crippen molar-refractivity contribution in [2.45, 2.75) is 50.5 Å². The third-order valence-electron chi connectivity index (χ3n) is 5.92. The minimum atomic E-state index is -4.75. The van der Waals surface area contributed by atoms with Crippen LogP contribution in [0.5, 0.6) is 5.75 Å². The normalized spacial score (nSPS) is 22.2. The molecule has 7 nitrogen and oxygen atoms in total. The molecule has 0 saturated carbocycles. The van der Waals surface area contributed by atoms with Crippen LogP contribution >= 0.6 is 0 Å². The van der Waals surface area contributed by atoms with E-state index >= 15 is 0 Å². The number of amides is 2. The van der Waals surface area contributed by atoms with Gasteiger partial charge < -0.3 is 24.1 Å². The van der Waals surface area contributed by atoms with Gasteiger partial charge in [0.25, 0.3) is 0 Å². The summed E-state index contributed by atoms with van der Waals surface area (Å²) in [7, 11) is 0. The molecule has 0 spiro atoms. The van der Waals surface area contributed by atoms with Crippen LogP contribution in [-0.4, -0.2) is 64.6 Å². The Hall–Kier alpha value is -2.75. The maximum absolute atomic E-state index is 12.9. The number of benzene rings is 1. The van der Waals surface area contributed by atoms with Crippen LogP contribution in [0.2, 0.25) is 0 Å². The Balaban J connectivity index is 1.55. The Morgan fingerprint density at radius 1 is 1.12 bits per heavy atom. The molecule has 1 aromatic heterocycles. The van der Waals surface area contributed by atoms with Crippen LogP contribution in [0, 0.1) is 0 Å². The lowest BCUT2D eigenvalue weighted by molar-refractivity contribution is -0.274. The van der Waals surface area contributed by atoms with E-state index < -0.39 is 12.5 Å². The van der Waals surface area contributed by atoms with Gasteiger partial charge in [0.1, 0.15) is 12.0 Å². The van der Waals surface area contributed by atoms with Crippen molar-refractivity contribution in [3.63, 3.8) is 0 Å². The van der Waals surface area contributed by atoms with Gasteiger partial charge in [0.05, 0.1) is 30.8 Å². The Labute approximate surface area is 183 Å². The molecule has 2 atom stereocenters. The van der Waals surface area contributed by atoms with Crippen molar-refractivity contribution in [2.24, 2.45) is 0 Å². The third kappa shape index (κ3) is 5.01. The zero-order chi connectivity index (χ0) is 23.0. The molecular weight excluding hydrogens is 427 g/mol. The predicted octanol–water partition coefficient (Wildman–Crippen LogP) is 4.07. The van der Waals surface area contributed by atoms with Crippen LogP contribution in [0.25, 0.3) is 0 Å². The van der Waals surface area contributed by atoms with E-state index in [-0.39, 0.29) is 29.5 Å². The number of likely N-dealkylation sites (tertiary alicyclic amines) is 2. The van der Waals surface area contributed by atoms with Gasteiger partial charge >= 0.3 is 12.4 Å². The number of aromatic nitrogens is 1. The lowest BCUT2D eigenvalue weighted by Crippen LogP contribution is -2.59. The molecule has 2 unspecified atom stereocenters. The number of carbonyl (C=O) groups is 1. The van der Waals surface area contributed by atoms with E-state index in [1.54, 1.807) is 28.2 Å². The summed E-state index contributed by atoms with van der Waals surface area (Å²) in [5.41, 5.74) is 1.64. The Kier molecular flexibility index (Phi) is 6.07. The minimum Gasteiger partial charge on any atom is -0.448 e. The topological polar surface area (TPSA) is 79.0 Å². The Morgan fingerprint density at radius 3 is 2.31 bits per heavy atom. The van der Waals surface area contributed by atoms with Crippen molar-refractivity contribution >= 4 is 6.03 Å². The highest BCUT2D eigenvalue weighted by Gasteiger charge is 2.39. The minimum absolute atomic E-state index is 0.113. The van der Waals surface area contributed by atoms with Gasteiger partial charge in [-0.25, -0.2) is 9.78 Å². The van der Waals surface area contributed by atoms with Gasteiger partial charge in [-0.3, -0.25) is 0 Å². The number of rotatable bonds is 4. The lowest BCUT2D eigenvalue weighted by atomic mass is 9.84. The number of aliphatic hydroxyl groups is 1. The summed E-state index contributed by atoms with van der Waals surface area (Å²) in [5.74, 6) is 0.205. The zero-order valence-electron chi connectivity index (χ0n) is 17.9. The molecule has 10 heteroatoms. The van der Waals surface area contributed by atoms with Crippen molar-refractivity contribution < 1.29 is 32.2 Å². The summed E-state index contributed by atoms with van der Waals surface area (Å²) in [4.78, 5) is 20.8. The number of piperidine rings is 1. The van der Waals surface area contributed by atoms with Crippen molar-refractivity contribution in [1.82, 2.24) is 14.8 Å². The number of nitrogens with zero attached hydrogens (tertiary/aromatic N) is 3. The van der Waals surface area contributed by atoms with E-state index in [4.69, 9.17) is 4.42 Å². The van der Waals surface area contributed by atoms with Gasteiger partial charge in [0, 0.05) is 19.0 Å². The van der Waals surface area contributed by atoms with Crippen molar-refractivity contribution in [3.05, 3.63) is 47.7 Å². The molecule has 2 fully saturated rings. The number of hydrogen-bond donors (Lipinski definition) is 1. The summed E-state index contributed by atoms with van der Waals surface area (Å²) < 4.78 is 47.1. The average molecular weight is 453 g/mol. The molecule has 0 aliphatic carbocycles. The fourth-order valence-corrected chi connectivity index (χ4v) is 4.18. The Bertz CT molecular complexity index is 939. The Morgan fingerprint density at radius 2 is 1.75 bits per heavy atom. The summed E-state index contributed by atoms with van der Waals surface area (Å²) in [6.45, 7) is 5.46. The van der Waals surface area contributed by atoms with E-state index in [1.165, 1.54) is 12.1 Å². The van der Waals surface area contributed by atoms with Crippen LogP contribution in [0.15, 0.2) is 34.9 Å². The largest absolute Gasteiger partial charge is 0.573 e. The number of hydrogen-bond acceptors (Lipinski definition) is 5. The maximum atomic E-state index is 12.9. The van der Waals surface area contributed by atoms with Gasteiger partial charge in [-0.15, -0.1) is 13.2 Å². The summed E-state index contributed by atoms with van der Waals surface area (Å²) in [5, 5.41) is 9.56. The van der Waals surface area contributed by atoms with Crippen molar-refractivity contribution in [1.29, 1.82) is 0 Å². The molecule has 2 aromatic rings. The zero-order valence-corrected chi connectivity index (χ0v) is 17.9. The fourth-order valence-electron chi connectivity index (χ4n) is 4.18. The van der Waals surface area contributed by atoms with E-state index in [9.17, 15) is 23.1 Å². The highest BCUT2D eigenvalue weighted by Crippen LogP contribution is 2.37. The molecule has 2 amide bonds. The molecular formula is C22H26F3N3O4. The molecule has 1 N–H and O–H groups in total. The molecule has 1 aromatic carbocycles. The van der Waals surface area contributed by atoms with Crippen LogP contribution in [-0.2, 0) is 0 Å². The maximum Gasteiger partial charge on any atom is 0.573 e. The molecule has 2 aliphatic rings. The number of carbonyl (C=O) groups excluding carboxylic acids is 1. The predicted molar refractivity (Wildman–Crippen MR) is 108 cm³/mol. The van der Waals surface area contributed by atoms with E-state index in [0.717, 1.165) is 11.3 Å². The van der Waals surface area contributed by atoms with E-state index in [1.807, 2.05) is 13.8 Å². The molecule has 4 rings (SSSR count). The second-order valence-corrected chi connectivity index (χ2v) is 8.76. The number of halogens is 3. The SMILES string of the molecule is CC(C)c1coc(C2CC(c3ccc(OC(F)(F)F)cc3)CN(C(=O)N3CC(O)C3)C2)n1. The molecule has 174 valence electrons. The van der Waals surface area contributed by atoms with E-state index in [0.29, 0.717) is 38.5 Å². The van der Waals surface area contributed by atoms with Gasteiger partial charge in [-0.2, -0.15) is 0 Å². The number of alkyl halides is 3. The van der Waals surface area contributed by atoms with Crippen LogP contribution in [0.1, 0.15) is 55.2 Å².